The van der Waals surface area contributed by atoms with Gasteiger partial charge in [-0.25, -0.2) is 0 Å². The summed E-state index contributed by atoms with van der Waals surface area (Å²) in [6.07, 6.45) is 7.95. The third-order valence-electron chi connectivity index (χ3n) is 7.22. The van der Waals surface area contributed by atoms with Crippen LogP contribution >= 0.6 is 0 Å². The second kappa shape index (κ2) is 10.4. The molecule has 158 valence electrons. The van der Waals surface area contributed by atoms with Crippen molar-refractivity contribution in [3.8, 4) is 0 Å². The van der Waals surface area contributed by atoms with Crippen LogP contribution in [0.1, 0.15) is 88.9 Å². The summed E-state index contributed by atoms with van der Waals surface area (Å²) in [4.78, 5) is 0. The molecular formula is C27H40NO+. The molecule has 2 nitrogen and oxygen atoms in total. The molecule has 0 bridgehead atoms. The molecule has 0 unspecified atom stereocenters. The van der Waals surface area contributed by atoms with Crippen LogP contribution in [0.3, 0.4) is 0 Å². The number of piperidine rings is 1. The minimum Gasteiger partial charge on any atom is -0.389 e. The molecule has 1 aliphatic rings. The van der Waals surface area contributed by atoms with Gasteiger partial charge in [0.25, 0.3) is 0 Å². The zero-order valence-corrected chi connectivity index (χ0v) is 18.6. The van der Waals surface area contributed by atoms with Gasteiger partial charge in [0, 0.05) is 23.0 Å². The molecule has 0 saturated carbocycles. The van der Waals surface area contributed by atoms with Crippen molar-refractivity contribution in [1.29, 1.82) is 0 Å². The first-order valence-electron chi connectivity index (χ1n) is 11.8. The van der Waals surface area contributed by atoms with E-state index < -0.39 is 5.60 Å². The minimum atomic E-state index is -0.625. The van der Waals surface area contributed by atoms with Crippen molar-refractivity contribution in [1.82, 2.24) is 0 Å². The van der Waals surface area contributed by atoms with Gasteiger partial charge >= 0.3 is 0 Å². The van der Waals surface area contributed by atoms with E-state index in [9.17, 15) is 5.11 Å². The van der Waals surface area contributed by atoms with Gasteiger partial charge in [0.1, 0.15) is 12.1 Å². The number of rotatable bonds is 9. The van der Waals surface area contributed by atoms with E-state index in [0.717, 1.165) is 25.7 Å². The Morgan fingerprint density at radius 2 is 1.38 bits per heavy atom. The van der Waals surface area contributed by atoms with Crippen LogP contribution in [0.2, 0.25) is 0 Å². The number of unbranched alkanes of at least 4 members (excludes halogenated alkanes) is 3. The van der Waals surface area contributed by atoms with Crippen molar-refractivity contribution in [3.05, 3.63) is 71.8 Å². The monoisotopic (exact) mass is 394 g/mol. The van der Waals surface area contributed by atoms with Crippen LogP contribution < -0.4 is 5.32 Å². The smallest absolute Gasteiger partial charge is 0.118 e. The Morgan fingerprint density at radius 1 is 0.793 bits per heavy atom. The Morgan fingerprint density at radius 3 is 1.93 bits per heavy atom. The zero-order chi connectivity index (χ0) is 20.7. The van der Waals surface area contributed by atoms with E-state index in [0.29, 0.717) is 6.04 Å². The van der Waals surface area contributed by atoms with Crippen molar-refractivity contribution in [3.63, 3.8) is 0 Å². The number of quaternary nitrogens is 1. The van der Waals surface area contributed by atoms with Gasteiger partial charge in [0.05, 0.1) is 5.60 Å². The maximum absolute atomic E-state index is 12.3. The summed E-state index contributed by atoms with van der Waals surface area (Å²) >= 11 is 0. The van der Waals surface area contributed by atoms with Gasteiger partial charge in [-0.2, -0.15) is 0 Å². The van der Waals surface area contributed by atoms with Crippen molar-refractivity contribution >= 4 is 0 Å². The molecule has 29 heavy (non-hydrogen) atoms. The molecule has 0 radical (unpaired) electrons. The SMILES string of the molecule is CCCCCC[C@@]1(O)[C@H](C)[C@H](c2ccccc2)[NH2+][C@H](c2ccccc2)[C@@H]1CCC. The number of hydrogen-bond acceptors (Lipinski definition) is 1. The predicted molar refractivity (Wildman–Crippen MR) is 122 cm³/mol. The van der Waals surface area contributed by atoms with Crippen molar-refractivity contribution in [2.45, 2.75) is 83.4 Å². The number of hydrogen-bond donors (Lipinski definition) is 2. The first-order chi connectivity index (χ1) is 14.1. The zero-order valence-electron chi connectivity index (χ0n) is 18.6. The van der Waals surface area contributed by atoms with Gasteiger partial charge in [-0.3, -0.25) is 0 Å². The van der Waals surface area contributed by atoms with E-state index in [-0.39, 0.29) is 17.9 Å². The predicted octanol–water partition coefficient (Wildman–Crippen LogP) is 5.80. The van der Waals surface area contributed by atoms with Crippen LogP contribution in [0.5, 0.6) is 0 Å². The lowest BCUT2D eigenvalue weighted by atomic mass is 9.62. The molecule has 0 aromatic heterocycles. The van der Waals surface area contributed by atoms with Crippen molar-refractivity contribution in [2.75, 3.05) is 0 Å². The van der Waals surface area contributed by atoms with E-state index in [1.54, 1.807) is 0 Å². The average molecular weight is 395 g/mol. The van der Waals surface area contributed by atoms with E-state index >= 15 is 0 Å². The van der Waals surface area contributed by atoms with E-state index in [4.69, 9.17) is 0 Å². The second-order valence-electron chi connectivity index (χ2n) is 9.05. The van der Waals surface area contributed by atoms with Crippen molar-refractivity contribution in [2.24, 2.45) is 11.8 Å². The second-order valence-corrected chi connectivity index (χ2v) is 9.05. The summed E-state index contributed by atoms with van der Waals surface area (Å²) in [5, 5.41) is 14.8. The highest BCUT2D eigenvalue weighted by molar-refractivity contribution is 5.24. The largest absolute Gasteiger partial charge is 0.389 e. The van der Waals surface area contributed by atoms with Gasteiger partial charge in [-0.1, -0.05) is 114 Å². The molecule has 0 spiro atoms. The van der Waals surface area contributed by atoms with Gasteiger partial charge in [-0.15, -0.1) is 0 Å². The Balaban J connectivity index is 1.98. The summed E-state index contributed by atoms with van der Waals surface area (Å²) in [6, 6.07) is 22.3. The Bertz CT molecular complexity index is 716. The first-order valence-corrected chi connectivity index (χ1v) is 11.8. The summed E-state index contributed by atoms with van der Waals surface area (Å²) < 4.78 is 0. The summed E-state index contributed by atoms with van der Waals surface area (Å²) in [5.41, 5.74) is 2.06. The van der Waals surface area contributed by atoms with E-state index in [1.165, 1.54) is 30.4 Å². The highest BCUT2D eigenvalue weighted by Crippen LogP contribution is 2.47. The Labute approximate surface area is 177 Å². The fourth-order valence-corrected chi connectivity index (χ4v) is 5.57. The summed E-state index contributed by atoms with van der Waals surface area (Å²) in [7, 11) is 0. The quantitative estimate of drug-likeness (QED) is 0.518. The molecular weight excluding hydrogens is 354 g/mol. The van der Waals surface area contributed by atoms with Crippen LogP contribution in [-0.2, 0) is 0 Å². The Kier molecular flexibility index (Phi) is 7.91. The number of nitrogens with two attached hydrogens (primary N) is 1. The maximum Gasteiger partial charge on any atom is 0.118 e. The van der Waals surface area contributed by atoms with Crippen molar-refractivity contribution < 1.29 is 10.4 Å². The third kappa shape index (κ3) is 4.92. The molecule has 2 aromatic rings. The van der Waals surface area contributed by atoms with Crippen LogP contribution in [0, 0.1) is 11.8 Å². The number of aliphatic hydroxyl groups is 1. The molecule has 1 heterocycles. The first kappa shape index (κ1) is 22.1. The van der Waals surface area contributed by atoms with Crippen LogP contribution in [-0.4, -0.2) is 10.7 Å². The topological polar surface area (TPSA) is 36.8 Å². The molecule has 1 fully saturated rings. The fraction of sp³-hybridized carbons (Fsp3) is 0.556. The Hall–Kier alpha value is -1.64. The van der Waals surface area contributed by atoms with Crippen LogP contribution in [0.4, 0.5) is 0 Å². The summed E-state index contributed by atoms with van der Waals surface area (Å²) in [6.45, 7) is 6.80. The molecule has 1 aliphatic heterocycles. The molecule has 5 atom stereocenters. The average Bonchev–Trinajstić information content (AvgIpc) is 2.76. The van der Waals surface area contributed by atoms with Gasteiger partial charge in [0.15, 0.2) is 0 Å². The highest BCUT2D eigenvalue weighted by Gasteiger charge is 2.54. The lowest BCUT2D eigenvalue weighted by Crippen LogP contribution is -2.93. The van der Waals surface area contributed by atoms with E-state index in [1.807, 2.05) is 0 Å². The molecule has 3 rings (SSSR count). The summed E-state index contributed by atoms with van der Waals surface area (Å²) in [5.74, 6) is 0.509. The number of benzene rings is 2. The third-order valence-corrected chi connectivity index (χ3v) is 7.22. The highest BCUT2D eigenvalue weighted by atomic mass is 16.3. The van der Waals surface area contributed by atoms with Gasteiger partial charge in [-0.05, 0) is 12.8 Å². The van der Waals surface area contributed by atoms with Crippen LogP contribution in [0.25, 0.3) is 0 Å². The fourth-order valence-electron chi connectivity index (χ4n) is 5.57. The molecule has 0 aliphatic carbocycles. The standard InChI is InChI=1S/C27H39NO/c1-4-6-7-14-20-27(29)21(3)25(22-16-10-8-11-17-22)28-26(24(27)15-5-2)23-18-12-9-13-19-23/h8-13,16-19,21,24-26,28-29H,4-7,14-15,20H2,1-3H3/p+1/t21-,24+,25-,26-,27-/m1/s1. The normalized spacial score (nSPS) is 29.7. The molecule has 2 aromatic carbocycles. The minimum absolute atomic E-state index is 0.225. The molecule has 0 amide bonds. The maximum atomic E-state index is 12.3. The molecule has 1 saturated heterocycles. The lowest BCUT2D eigenvalue weighted by molar-refractivity contribution is -0.765. The lowest BCUT2D eigenvalue weighted by Gasteiger charge is -2.51. The van der Waals surface area contributed by atoms with Gasteiger partial charge in [0.2, 0.25) is 0 Å². The molecule has 3 N–H and O–H groups in total. The van der Waals surface area contributed by atoms with Crippen LogP contribution in [0.15, 0.2) is 60.7 Å². The van der Waals surface area contributed by atoms with Gasteiger partial charge < -0.3 is 10.4 Å². The van der Waals surface area contributed by atoms with E-state index in [2.05, 4.69) is 86.8 Å². The molecule has 2 heteroatoms.